The molecule has 2 N–H and O–H groups in total. The molecule has 3 heteroatoms. The number of carbonyl (C=O) groups is 1. The van der Waals surface area contributed by atoms with Gasteiger partial charge in [0, 0.05) is 27.8 Å². The number of hydrogen-bond acceptors (Lipinski definition) is 3. The zero-order chi connectivity index (χ0) is 14.3. The van der Waals surface area contributed by atoms with Gasteiger partial charge in [0.2, 0.25) is 0 Å². The van der Waals surface area contributed by atoms with Crippen LogP contribution in [0.15, 0.2) is 42.5 Å². The molecule has 0 unspecified atom stereocenters. The third kappa shape index (κ3) is 2.05. The van der Waals surface area contributed by atoms with Crippen LogP contribution < -0.4 is 10.5 Å². The summed E-state index contributed by atoms with van der Waals surface area (Å²) in [5.74, 6) is 0.888. The highest BCUT2D eigenvalue weighted by Gasteiger charge is 2.32. The lowest BCUT2D eigenvalue weighted by molar-refractivity contribution is 0.103. The monoisotopic (exact) mass is 267 g/mol. The van der Waals surface area contributed by atoms with Gasteiger partial charge in [0.25, 0.3) is 0 Å². The minimum absolute atomic E-state index is 0.00972. The lowest BCUT2D eigenvalue weighted by atomic mass is 9.85. The number of nitrogens with two attached hydrogens (primary N) is 1. The number of anilines is 1. The summed E-state index contributed by atoms with van der Waals surface area (Å²) in [5.41, 5.74) is 8.69. The predicted molar refractivity (Wildman–Crippen MR) is 79.2 cm³/mol. The molecule has 0 saturated heterocycles. The summed E-state index contributed by atoms with van der Waals surface area (Å²) >= 11 is 0. The van der Waals surface area contributed by atoms with Crippen molar-refractivity contribution < 1.29 is 9.53 Å². The van der Waals surface area contributed by atoms with Gasteiger partial charge < -0.3 is 10.5 Å². The Hall–Kier alpha value is -2.29. The smallest absolute Gasteiger partial charge is 0.193 e. The van der Waals surface area contributed by atoms with Gasteiger partial charge in [-0.3, -0.25) is 4.79 Å². The normalized spacial score (nSPS) is 15.5. The van der Waals surface area contributed by atoms with Crippen LogP contribution in [-0.2, 0) is 5.41 Å². The van der Waals surface area contributed by atoms with Crippen LogP contribution in [0.5, 0.6) is 5.75 Å². The Bertz CT molecular complexity index is 672. The number of fused-ring (bicyclic) bond motifs is 1. The van der Waals surface area contributed by atoms with E-state index in [0.717, 1.165) is 11.3 Å². The topological polar surface area (TPSA) is 52.3 Å². The molecule has 0 spiro atoms. The third-order valence-electron chi connectivity index (χ3n) is 3.73. The van der Waals surface area contributed by atoms with Gasteiger partial charge >= 0.3 is 0 Å². The quantitative estimate of drug-likeness (QED) is 0.671. The van der Waals surface area contributed by atoms with Crippen LogP contribution in [-0.4, -0.2) is 12.4 Å². The minimum Gasteiger partial charge on any atom is -0.492 e. The summed E-state index contributed by atoms with van der Waals surface area (Å²) < 4.78 is 5.64. The standard InChI is InChI=1S/C17H17NO2/c1-17(2)10-20-15-8-5-12(9-14(15)17)16(19)11-3-6-13(18)7-4-11/h3-9H,10,18H2,1-2H3. The molecule has 2 aromatic rings. The Kier molecular flexibility index (Phi) is 2.78. The number of nitrogen functional groups attached to an aromatic ring is 1. The molecule has 0 saturated carbocycles. The summed E-state index contributed by atoms with van der Waals surface area (Å²) in [4.78, 5) is 12.5. The number of hydrogen-bond donors (Lipinski definition) is 1. The molecule has 3 nitrogen and oxygen atoms in total. The highest BCUT2D eigenvalue weighted by atomic mass is 16.5. The average molecular weight is 267 g/mol. The maximum atomic E-state index is 12.5. The second kappa shape index (κ2) is 4.37. The van der Waals surface area contributed by atoms with Crippen LogP contribution in [0.3, 0.4) is 0 Å². The van der Waals surface area contributed by atoms with Gasteiger partial charge in [-0.25, -0.2) is 0 Å². The summed E-state index contributed by atoms with van der Waals surface area (Å²) in [6.07, 6.45) is 0. The second-order valence-electron chi connectivity index (χ2n) is 5.83. The highest BCUT2D eigenvalue weighted by Crippen LogP contribution is 2.38. The van der Waals surface area contributed by atoms with Gasteiger partial charge in [0.15, 0.2) is 5.78 Å². The Balaban J connectivity index is 1.99. The Morgan fingerprint density at radius 1 is 1.10 bits per heavy atom. The fourth-order valence-electron chi connectivity index (χ4n) is 2.46. The Morgan fingerprint density at radius 3 is 2.45 bits per heavy atom. The fraction of sp³-hybridized carbons (Fsp3) is 0.235. The van der Waals surface area contributed by atoms with E-state index in [2.05, 4.69) is 13.8 Å². The van der Waals surface area contributed by atoms with Gasteiger partial charge in [-0.1, -0.05) is 13.8 Å². The van der Waals surface area contributed by atoms with Crippen molar-refractivity contribution in [3.05, 3.63) is 59.2 Å². The van der Waals surface area contributed by atoms with E-state index in [0.29, 0.717) is 23.4 Å². The molecule has 0 aromatic heterocycles. The van der Waals surface area contributed by atoms with Crippen LogP contribution in [0, 0.1) is 0 Å². The first-order valence-corrected chi connectivity index (χ1v) is 6.65. The number of carbonyl (C=O) groups excluding carboxylic acids is 1. The van der Waals surface area contributed by atoms with Crippen molar-refractivity contribution in [2.75, 3.05) is 12.3 Å². The molecule has 0 aliphatic carbocycles. The molecule has 1 heterocycles. The van der Waals surface area contributed by atoms with E-state index in [9.17, 15) is 4.79 Å². The van der Waals surface area contributed by atoms with Crippen molar-refractivity contribution in [3.63, 3.8) is 0 Å². The molecule has 1 aliphatic rings. The lowest BCUT2D eigenvalue weighted by Gasteiger charge is -2.15. The SMILES string of the molecule is CC1(C)COc2ccc(C(=O)c3ccc(N)cc3)cc21. The van der Waals surface area contributed by atoms with E-state index in [4.69, 9.17) is 10.5 Å². The number of rotatable bonds is 2. The maximum absolute atomic E-state index is 12.5. The van der Waals surface area contributed by atoms with E-state index >= 15 is 0 Å². The molecule has 20 heavy (non-hydrogen) atoms. The van der Waals surface area contributed by atoms with Crippen molar-refractivity contribution >= 4 is 11.5 Å². The highest BCUT2D eigenvalue weighted by molar-refractivity contribution is 6.09. The van der Waals surface area contributed by atoms with Crippen LogP contribution in [0.4, 0.5) is 5.69 Å². The number of ether oxygens (including phenoxy) is 1. The molecule has 3 rings (SSSR count). The van der Waals surface area contributed by atoms with Gasteiger partial charge in [0.1, 0.15) is 5.75 Å². The molecule has 102 valence electrons. The molecular formula is C17H17NO2. The van der Waals surface area contributed by atoms with Gasteiger partial charge in [0.05, 0.1) is 6.61 Å². The van der Waals surface area contributed by atoms with Crippen molar-refractivity contribution in [1.29, 1.82) is 0 Å². The van der Waals surface area contributed by atoms with Crippen molar-refractivity contribution in [1.82, 2.24) is 0 Å². The number of benzene rings is 2. The second-order valence-corrected chi connectivity index (χ2v) is 5.83. The van der Waals surface area contributed by atoms with E-state index in [1.54, 1.807) is 24.3 Å². The van der Waals surface area contributed by atoms with E-state index in [1.807, 2.05) is 18.2 Å². The van der Waals surface area contributed by atoms with Crippen molar-refractivity contribution in [3.8, 4) is 5.75 Å². The van der Waals surface area contributed by atoms with Gasteiger partial charge in [-0.2, -0.15) is 0 Å². The molecule has 0 bridgehead atoms. The fourth-order valence-corrected chi connectivity index (χ4v) is 2.46. The largest absolute Gasteiger partial charge is 0.492 e. The first kappa shape index (κ1) is 12.7. The van der Waals surface area contributed by atoms with E-state index < -0.39 is 0 Å². The van der Waals surface area contributed by atoms with Gasteiger partial charge in [-0.05, 0) is 42.5 Å². The zero-order valence-electron chi connectivity index (χ0n) is 11.6. The van der Waals surface area contributed by atoms with E-state index in [-0.39, 0.29) is 11.2 Å². The summed E-state index contributed by atoms with van der Waals surface area (Å²) in [6, 6.07) is 12.6. The van der Waals surface area contributed by atoms with Crippen molar-refractivity contribution in [2.24, 2.45) is 0 Å². The predicted octanol–water partition coefficient (Wildman–Crippen LogP) is 3.17. The molecule has 1 aliphatic heterocycles. The zero-order valence-corrected chi connectivity index (χ0v) is 11.6. The van der Waals surface area contributed by atoms with Crippen LogP contribution in [0.2, 0.25) is 0 Å². The summed E-state index contributed by atoms with van der Waals surface area (Å²) in [5, 5.41) is 0. The van der Waals surface area contributed by atoms with E-state index in [1.165, 1.54) is 0 Å². The summed E-state index contributed by atoms with van der Waals surface area (Å²) in [6.45, 7) is 4.90. The third-order valence-corrected chi connectivity index (χ3v) is 3.73. The van der Waals surface area contributed by atoms with Crippen LogP contribution in [0.25, 0.3) is 0 Å². The Labute approximate surface area is 118 Å². The van der Waals surface area contributed by atoms with Crippen LogP contribution in [0.1, 0.15) is 35.3 Å². The van der Waals surface area contributed by atoms with Crippen molar-refractivity contribution in [2.45, 2.75) is 19.3 Å². The van der Waals surface area contributed by atoms with Gasteiger partial charge in [-0.15, -0.1) is 0 Å². The minimum atomic E-state index is -0.0489. The Morgan fingerprint density at radius 2 is 1.75 bits per heavy atom. The first-order chi connectivity index (χ1) is 9.47. The molecule has 0 atom stereocenters. The molecule has 0 fully saturated rings. The average Bonchev–Trinajstić information content (AvgIpc) is 2.74. The molecule has 2 aromatic carbocycles. The molecule has 0 radical (unpaired) electrons. The van der Waals surface area contributed by atoms with Crippen LogP contribution >= 0.6 is 0 Å². The molecular weight excluding hydrogens is 250 g/mol. The first-order valence-electron chi connectivity index (χ1n) is 6.65. The summed E-state index contributed by atoms with van der Waals surface area (Å²) in [7, 11) is 0. The lowest BCUT2D eigenvalue weighted by Crippen LogP contribution is -2.18. The maximum Gasteiger partial charge on any atom is 0.193 e. The number of ketones is 1. The molecule has 0 amide bonds.